The predicted octanol–water partition coefficient (Wildman–Crippen LogP) is 2.58. The van der Waals surface area contributed by atoms with Crippen molar-refractivity contribution in [3.05, 3.63) is 28.2 Å². The average molecular weight is 341 g/mol. The summed E-state index contributed by atoms with van der Waals surface area (Å²) in [4.78, 5) is 2.88. The second-order valence-electron chi connectivity index (χ2n) is 5.45. The number of halogens is 1. The van der Waals surface area contributed by atoms with E-state index in [9.17, 15) is 5.11 Å². The lowest BCUT2D eigenvalue weighted by atomic mass is 9.99. The molecule has 2 aliphatic heterocycles. The molecule has 0 spiro atoms. The summed E-state index contributed by atoms with van der Waals surface area (Å²) in [6.45, 7) is 0. The summed E-state index contributed by atoms with van der Waals surface area (Å²) in [6.07, 6.45) is 3.96. The second kappa shape index (κ2) is 5.04. The number of nitrogens with two attached hydrogens (primary N) is 1. The number of anilines is 1. The first-order chi connectivity index (χ1) is 9.06. The van der Waals surface area contributed by atoms with Crippen LogP contribution in [0.3, 0.4) is 0 Å². The van der Waals surface area contributed by atoms with Gasteiger partial charge in [-0.3, -0.25) is 0 Å². The van der Waals surface area contributed by atoms with Gasteiger partial charge in [-0.2, -0.15) is 0 Å². The lowest BCUT2D eigenvalue weighted by Crippen LogP contribution is -2.45. The predicted molar refractivity (Wildman–Crippen MR) is 84.6 cm³/mol. The fourth-order valence-corrected chi connectivity index (χ4v) is 4.12. The summed E-state index contributed by atoms with van der Waals surface area (Å²) in [5, 5.41) is 9.87. The van der Waals surface area contributed by atoms with E-state index >= 15 is 0 Å². The first-order valence-corrected chi connectivity index (χ1v) is 7.82. The number of thiocarbonyl (C=S) groups is 1. The van der Waals surface area contributed by atoms with Gasteiger partial charge < -0.3 is 15.7 Å². The van der Waals surface area contributed by atoms with Crippen molar-refractivity contribution in [2.45, 2.75) is 43.9 Å². The zero-order chi connectivity index (χ0) is 13.6. The van der Waals surface area contributed by atoms with Crippen LogP contribution in [0, 0.1) is 0 Å². The maximum atomic E-state index is 9.87. The molecule has 1 aromatic rings. The third-order valence-electron chi connectivity index (χ3n) is 4.22. The SMILES string of the molecule is NC(=S)c1ccc(N2C3CCC2CC(O)C3)c(Br)c1. The van der Waals surface area contributed by atoms with E-state index in [0.29, 0.717) is 17.1 Å². The van der Waals surface area contributed by atoms with Crippen LogP contribution in [0.25, 0.3) is 0 Å². The van der Waals surface area contributed by atoms with Gasteiger partial charge in [-0.05, 0) is 59.8 Å². The number of nitrogens with zero attached hydrogens (tertiary/aromatic N) is 1. The van der Waals surface area contributed by atoms with Crippen LogP contribution in [0.1, 0.15) is 31.2 Å². The molecule has 1 aromatic carbocycles. The van der Waals surface area contributed by atoms with Crippen LogP contribution >= 0.6 is 28.1 Å². The molecule has 0 amide bonds. The molecule has 2 bridgehead atoms. The molecule has 2 unspecified atom stereocenters. The maximum absolute atomic E-state index is 9.87. The van der Waals surface area contributed by atoms with Crippen LogP contribution in [-0.4, -0.2) is 28.3 Å². The van der Waals surface area contributed by atoms with Gasteiger partial charge in [0.1, 0.15) is 4.99 Å². The van der Waals surface area contributed by atoms with Gasteiger partial charge in [0.25, 0.3) is 0 Å². The molecule has 2 aliphatic rings. The molecule has 2 saturated heterocycles. The van der Waals surface area contributed by atoms with Crippen LogP contribution in [0.5, 0.6) is 0 Å². The van der Waals surface area contributed by atoms with Crippen LogP contribution < -0.4 is 10.6 Å². The third kappa shape index (κ3) is 2.39. The Morgan fingerprint density at radius 1 is 1.32 bits per heavy atom. The molecular formula is C14H17BrN2OS. The Morgan fingerprint density at radius 3 is 2.47 bits per heavy atom. The molecule has 102 valence electrons. The molecule has 0 aromatic heterocycles. The molecule has 3 N–H and O–H groups in total. The van der Waals surface area contributed by atoms with Gasteiger partial charge in [0.15, 0.2) is 0 Å². The van der Waals surface area contributed by atoms with E-state index in [1.807, 2.05) is 12.1 Å². The van der Waals surface area contributed by atoms with Gasteiger partial charge in [0.05, 0.1) is 11.8 Å². The Balaban J connectivity index is 1.93. The summed E-state index contributed by atoms with van der Waals surface area (Å²) in [5.41, 5.74) is 7.74. The number of aliphatic hydroxyl groups excluding tert-OH is 1. The molecule has 5 heteroatoms. The van der Waals surface area contributed by atoms with Gasteiger partial charge in [0.2, 0.25) is 0 Å². The van der Waals surface area contributed by atoms with Crippen LogP contribution in [0.15, 0.2) is 22.7 Å². The molecular weight excluding hydrogens is 324 g/mol. The molecule has 0 aliphatic carbocycles. The van der Waals surface area contributed by atoms with E-state index in [1.54, 1.807) is 0 Å². The average Bonchev–Trinajstić information content (AvgIpc) is 2.62. The summed E-state index contributed by atoms with van der Waals surface area (Å²) in [7, 11) is 0. The second-order valence-corrected chi connectivity index (χ2v) is 6.74. The highest BCUT2D eigenvalue weighted by Crippen LogP contribution is 2.42. The molecule has 2 fully saturated rings. The number of fused-ring (bicyclic) bond motifs is 2. The van der Waals surface area contributed by atoms with E-state index in [0.717, 1.165) is 22.9 Å². The molecule has 19 heavy (non-hydrogen) atoms. The lowest BCUT2D eigenvalue weighted by molar-refractivity contribution is 0.126. The van der Waals surface area contributed by atoms with Crippen molar-refractivity contribution >= 4 is 38.8 Å². The van der Waals surface area contributed by atoms with E-state index < -0.39 is 0 Å². The molecule has 2 atom stereocenters. The summed E-state index contributed by atoms with van der Waals surface area (Å²) in [5.74, 6) is 0. The monoisotopic (exact) mass is 340 g/mol. The summed E-state index contributed by atoms with van der Waals surface area (Å²) < 4.78 is 1.03. The first kappa shape index (κ1) is 13.3. The van der Waals surface area contributed by atoms with E-state index in [-0.39, 0.29) is 6.10 Å². The normalized spacial score (nSPS) is 29.6. The largest absolute Gasteiger partial charge is 0.393 e. The molecule has 3 rings (SSSR count). The maximum Gasteiger partial charge on any atom is 0.104 e. The van der Waals surface area contributed by atoms with Crippen molar-refractivity contribution in [3.63, 3.8) is 0 Å². The number of piperidine rings is 1. The minimum Gasteiger partial charge on any atom is -0.393 e. The number of aliphatic hydroxyl groups is 1. The van der Waals surface area contributed by atoms with Crippen molar-refractivity contribution in [2.24, 2.45) is 5.73 Å². The van der Waals surface area contributed by atoms with E-state index in [1.165, 1.54) is 18.5 Å². The minimum atomic E-state index is -0.136. The Kier molecular flexibility index (Phi) is 3.53. The standard InChI is InChI=1S/C14H17BrN2OS/c15-12-5-8(14(16)19)1-4-13(12)17-9-2-3-10(17)7-11(18)6-9/h1,4-5,9-11,18H,2-3,6-7H2,(H2,16,19). The molecule has 0 radical (unpaired) electrons. The first-order valence-electron chi connectivity index (χ1n) is 6.62. The van der Waals surface area contributed by atoms with Crippen molar-refractivity contribution in [1.82, 2.24) is 0 Å². The smallest absolute Gasteiger partial charge is 0.104 e. The number of rotatable bonds is 2. The Labute approximate surface area is 126 Å². The summed E-state index contributed by atoms with van der Waals surface area (Å²) in [6, 6.07) is 6.97. The fraction of sp³-hybridized carbons (Fsp3) is 0.500. The van der Waals surface area contributed by atoms with Crippen molar-refractivity contribution in [1.29, 1.82) is 0 Å². The van der Waals surface area contributed by atoms with E-state index in [2.05, 4.69) is 26.9 Å². The van der Waals surface area contributed by atoms with Gasteiger partial charge in [-0.1, -0.05) is 12.2 Å². The highest BCUT2D eigenvalue weighted by Gasteiger charge is 2.40. The van der Waals surface area contributed by atoms with Crippen LogP contribution in [0.4, 0.5) is 5.69 Å². The highest BCUT2D eigenvalue weighted by molar-refractivity contribution is 9.10. The minimum absolute atomic E-state index is 0.136. The Morgan fingerprint density at radius 2 is 1.95 bits per heavy atom. The number of hydrogen-bond donors (Lipinski definition) is 2. The van der Waals surface area contributed by atoms with Gasteiger partial charge in [-0.25, -0.2) is 0 Å². The van der Waals surface area contributed by atoms with Crippen molar-refractivity contribution in [3.8, 4) is 0 Å². The quantitative estimate of drug-likeness (QED) is 0.812. The molecule has 2 heterocycles. The summed E-state index contributed by atoms with van der Waals surface area (Å²) >= 11 is 8.64. The Bertz CT molecular complexity index is 508. The van der Waals surface area contributed by atoms with Crippen LogP contribution in [-0.2, 0) is 0 Å². The lowest BCUT2D eigenvalue weighted by Gasteiger charge is -2.39. The number of hydrogen-bond acceptors (Lipinski definition) is 3. The van der Waals surface area contributed by atoms with Gasteiger partial charge in [-0.15, -0.1) is 0 Å². The highest BCUT2D eigenvalue weighted by atomic mass is 79.9. The zero-order valence-corrected chi connectivity index (χ0v) is 13.0. The van der Waals surface area contributed by atoms with Crippen molar-refractivity contribution in [2.75, 3.05) is 4.90 Å². The topological polar surface area (TPSA) is 49.5 Å². The fourth-order valence-electron chi connectivity index (χ4n) is 3.41. The van der Waals surface area contributed by atoms with Gasteiger partial charge in [0, 0.05) is 22.1 Å². The van der Waals surface area contributed by atoms with E-state index in [4.69, 9.17) is 18.0 Å². The molecule has 3 nitrogen and oxygen atoms in total. The molecule has 0 saturated carbocycles. The zero-order valence-electron chi connectivity index (χ0n) is 10.6. The van der Waals surface area contributed by atoms with Crippen LogP contribution in [0.2, 0.25) is 0 Å². The third-order valence-corrected chi connectivity index (χ3v) is 5.09. The Hall–Kier alpha value is -0.650. The van der Waals surface area contributed by atoms with Gasteiger partial charge >= 0.3 is 0 Å². The van der Waals surface area contributed by atoms with Crippen molar-refractivity contribution < 1.29 is 5.11 Å². The number of benzene rings is 1.